The molecule has 32 heavy (non-hydrogen) atoms. The van der Waals surface area contributed by atoms with Gasteiger partial charge in [-0.1, -0.05) is 18.2 Å². The number of hydrogen-bond acceptors (Lipinski definition) is 5. The van der Waals surface area contributed by atoms with Gasteiger partial charge >= 0.3 is 5.97 Å². The maximum Gasteiger partial charge on any atom is 0.303 e. The fourth-order valence-corrected chi connectivity index (χ4v) is 4.13. The summed E-state index contributed by atoms with van der Waals surface area (Å²) in [6.45, 7) is 1.04. The normalized spacial score (nSPS) is 14.6. The van der Waals surface area contributed by atoms with Gasteiger partial charge in [0.05, 0.1) is 26.7 Å². The molecule has 1 atom stereocenters. The summed E-state index contributed by atoms with van der Waals surface area (Å²) in [7, 11) is 1.63. The lowest BCUT2D eigenvalue weighted by atomic mass is 9.98. The van der Waals surface area contributed by atoms with E-state index in [9.17, 15) is 4.79 Å². The Morgan fingerprint density at radius 2 is 1.94 bits per heavy atom. The number of methoxy groups -OCH3 is 1. The zero-order valence-corrected chi connectivity index (χ0v) is 18.1. The van der Waals surface area contributed by atoms with E-state index < -0.39 is 5.97 Å². The molecule has 1 heterocycles. The zero-order chi connectivity index (χ0) is 22.3. The van der Waals surface area contributed by atoms with Crippen molar-refractivity contribution in [2.45, 2.75) is 31.6 Å². The highest BCUT2D eigenvalue weighted by Crippen LogP contribution is 2.37. The lowest BCUT2D eigenvalue weighted by Gasteiger charge is -2.13. The number of carboxylic acid groups (broad SMARTS) is 1. The first-order valence-corrected chi connectivity index (χ1v) is 10.8. The van der Waals surface area contributed by atoms with Gasteiger partial charge in [0.2, 0.25) is 0 Å². The minimum absolute atomic E-state index is 0.115. The van der Waals surface area contributed by atoms with Crippen LogP contribution in [0.1, 0.15) is 36.3 Å². The third-order valence-corrected chi connectivity index (χ3v) is 5.71. The number of carbonyl (C=O) groups is 1. The molecule has 0 aliphatic heterocycles. The van der Waals surface area contributed by atoms with Crippen LogP contribution in [-0.2, 0) is 11.2 Å². The quantitative estimate of drug-likeness (QED) is 0.448. The maximum atomic E-state index is 11.0. The van der Waals surface area contributed by atoms with E-state index in [1.54, 1.807) is 13.3 Å². The molecule has 6 heteroatoms. The molecule has 166 valence electrons. The van der Waals surface area contributed by atoms with Crippen LogP contribution < -0.4 is 14.2 Å². The molecule has 0 amide bonds. The summed E-state index contributed by atoms with van der Waals surface area (Å²) in [6.07, 6.45) is 6.28. The number of ether oxygens (including phenoxy) is 3. The Morgan fingerprint density at radius 3 is 2.72 bits per heavy atom. The summed E-state index contributed by atoms with van der Waals surface area (Å²) >= 11 is 0. The van der Waals surface area contributed by atoms with E-state index in [2.05, 4.69) is 4.98 Å². The van der Waals surface area contributed by atoms with E-state index in [1.807, 2.05) is 54.7 Å². The van der Waals surface area contributed by atoms with Crippen LogP contribution in [-0.4, -0.2) is 36.4 Å². The number of aliphatic carboxylic acids is 1. The smallest absolute Gasteiger partial charge is 0.303 e. The van der Waals surface area contributed by atoms with Crippen LogP contribution in [0.5, 0.6) is 17.2 Å². The number of aryl methyl sites for hydroxylation is 1. The molecular formula is C26H27NO5. The van der Waals surface area contributed by atoms with Crippen LogP contribution in [0.3, 0.4) is 0 Å². The summed E-state index contributed by atoms with van der Waals surface area (Å²) in [6, 6.07) is 15.7. The lowest BCUT2D eigenvalue weighted by Crippen LogP contribution is -2.06. The molecule has 6 nitrogen and oxygen atoms in total. The molecule has 1 aliphatic rings. The van der Waals surface area contributed by atoms with Gasteiger partial charge in [-0.3, -0.25) is 9.78 Å². The van der Waals surface area contributed by atoms with Crippen LogP contribution in [0.15, 0.2) is 60.9 Å². The number of nitrogens with zero attached hydrogens (tertiary/aromatic N) is 1. The first-order valence-electron chi connectivity index (χ1n) is 10.8. The average molecular weight is 434 g/mol. The van der Waals surface area contributed by atoms with Crippen molar-refractivity contribution >= 4 is 5.97 Å². The van der Waals surface area contributed by atoms with Gasteiger partial charge < -0.3 is 19.3 Å². The number of benzene rings is 2. The summed E-state index contributed by atoms with van der Waals surface area (Å²) in [5.41, 5.74) is 4.38. The molecule has 0 fully saturated rings. The van der Waals surface area contributed by atoms with E-state index in [-0.39, 0.29) is 12.3 Å². The maximum absolute atomic E-state index is 11.0. The van der Waals surface area contributed by atoms with Crippen LogP contribution in [0.25, 0.3) is 11.1 Å². The minimum Gasteiger partial charge on any atom is -0.493 e. The average Bonchev–Trinajstić information content (AvgIpc) is 3.20. The second-order valence-electron chi connectivity index (χ2n) is 7.85. The summed E-state index contributed by atoms with van der Waals surface area (Å²) in [4.78, 5) is 15.2. The van der Waals surface area contributed by atoms with Crippen molar-refractivity contribution in [1.82, 2.24) is 4.98 Å². The topological polar surface area (TPSA) is 77.9 Å². The number of aromatic nitrogens is 1. The number of hydrogen-bond donors (Lipinski definition) is 1. The van der Waals surface area contributed by atoms with Gasteiger partial charge in [-0.05, 0) is 65.8 Å². The molecule has 0 saturated heterocycles. The van der Waals surface area contributed by atoms with Crippen molar-refractivity contribution in [3.8, 4) is 28.4 Å². The Labute approximate surface area is 187 Å². The van der Waals surface area contributed by atoms with Crippen LogP contribution in [0.4, 0.5) is 0 Å². The summed E-state index contributed by atoms with van der Waals surface area (Å²) in [5, 5.41) is 9.05. The fraction of sp³-hybridized carbons (Fsp3) is 0.308. The highest BCUT2D eigenvalue weighted by molar-refractivity contribution is 5.68. The molecule has 1 N–H and O–H groups in total. The number of pyridine rings is 1. The SMILES string of the molecule is COc1cc(-c2cccnc2)ccc1OCCCOc1ccc2c(c1)CC[C@H]2CC(=O)O. The highest BCUT2D eigenvalue weighted by atomic mass is 16.5. The van der Waals surface area contributed by atoms with Crippen LogP contribution in [0, 0.1) is 0 Å². The highest BCUT2D eigenvalue weighted by Gasteiger charge is 2.24. The largest absolute Gasteiger partial charge is 0.493 e. The van der Waals surface area contributed by atoms with Gasteiger partial charge in [-0.15, -0.1) is 0 Å². The van der Waals surface area contributed by atoms with E-state index in [4.69, 9.17) is 19.3 Å². The standard InChI is InChI=1S/C26H27NO5/c1-30-25-15-18(21-4-2-11-27-17-21)7-10-24(25)32-13-3-12-31-22-8-9-23-19(14-22)5-6-20(23)16-26(28)29/h2,4,7-11,14-15,17,20H,3,5-6,12-13,16H2,1H3,(H,28,29)/t20-/m0/s1. The molecule has 0 unspecified atom stereocenters. The molecule has 0 saturated carbocycles. The van der Waals surface area contributed by atoms with Gasteiger partial charge in [-0.25, -0.2) is 0 Å². The first-order chi connectivity index (χ1) is 15.6. The fourth-order valence-electron chi connectivity index (χ4n) is 4.13. The van der Waals surface area contributed by atoms with Crippen LogP contribution >= 0.6 is 0 Å². The monoisotopic (exact) mass is 433 g/mol. The Morgan fingerprint density at radius 1 is 1.06 bits per heavy atom. The third kappa shape index (κ3) is 5.19. The molecule has 3 aromatic rings. The number of rotatable bonds is 10. The van der Waals surface area contributed by atoms with Crippen molar-refractivity contribution in [2.75, 3.05) is 20.3 Å². The van der Waals surface area contributed by atoms with Gasteiger partial charge in [-0.2, -0.15) is 0 Å². The Kier molecular flexibility index (Phi) is 6.90. The van der Waals surface area contributed by atoms with E-state index >= 15 is 0 Å². The molecular weight excluding hydrogens is 406 g/mol. The molecule has 1 aromatic heterocycles. The van der Waals surface area contributed by atoms with E-state index in [0.717, 1.165) is 41.7 Å². The molecule has 0 bridgehead atoms. The van der Waals surface area contributed by atoms with Crippen LogP contribution in [0.2, 0.25) is 0 Å². The van der Waals surface area contributed by atoms with Gasteiger partial charge in [0, 0.05) is 24.4 Å². The Hall–Kier alpha value is -3.54. The van der Waals surface area contributed by atoms with Gasteiger partial charge in [0.1, 0.15) is 5.75 Å². The van der Waals surface area contributed by atoms with Crippen molar-refractivity contribution in [1.29, 1.82) is 0 Å². The summed E-state index contributed by atoms with van der Waals surface area (Å²) < 4.78 is 17.3. The number of fused-ring (bicyclic) bond motifs is 1. The summed E-state index contributed by atoms with van der Waals surface area (Å²) in [5.74, 6) is 1.57. The number of carboxylic acids is 1. The van der Waals surface area contributed by atoms with E-state index in [0.29, 0.717) is 24.7 Å². The molecule has 2 aromatic carbocycles. The minimum atomic E-state index is -0.744. The van der Waals surface area contributed by atoms with E-state index in [1.165, 1.54) is 5.56 Å². The third-order valence-electron chi connectivity index (χ3n) is 5.71. The van der Waals surface area contributed by atoms with Gasteiger partial charge in [0.15, 0.2) is 11.5 Å². The van der Waals surface area contributed by atoms with Gasteiger partial charge in [0.25, 0.3) is 0 Å². The first kappa shape index (κ1) is 21.7. The Bertz CT molecular complexity index is 1070. The van der Waals surface area contributed by atoms with Crippen molar-refractivity contribution in [3.05, 3.63) is 72.1 Å². The predicted molar refractivity (Wildman–Crippen MR) is 122 cm³/mol. The van der Waals surface area contributed by atoms with Crippen molar-refractivity contribution < 1.29 is 24.1 Å². The molecule has 0 spiro atoms. The molecule has 4 rings (SSSR count). The Balaban J connectivity index is 1.27. The zero-order valence-electron chi connectivity index (χ0n) is 18.1. The lowest BCUT2D eigenvalue weighted by molar-refractivity contribution is -0.137. The van der Waals surface area contributed by atoms with Crippen molar-refractivity contribution in [2.24, 2.45) is 0 Å². The predicted octanol–water partition coefficient (Wildman–Crippen LogP) is 5.11. The van der Waals surface area contributed by atoms with Crippen molar-refractivity contribution in [3.63, 3.8) is 0 Å². The second-order valence-corrected chi connectivity index (χ2v) is 7.85. The second kappa shape index (κ2) is 10.2. The molecule has 1 aliphatic carbocycles. The molecule has 0 radical (unpaired) electrons.